The molecule has 1 aromatic heterocycles. The van der Waals surface area contributed by atoms with Gasteiger partial charge in [-0.05, 0) is 49.4 Å². The van der Waals surface area contributed by atoms with E-state index in [4.69, 9.17) is 4.74 Å². The largest absolute Gasteiger partial charge is 0.490 e. The predicted octanol–water partition coefficient (Wildman–Crippen LogP) is 6.84. The average Bonchev–Trinajstić information content (AvgIpc) is 2.78. The van der Waals surface area contributed by atoms with Crippen molar-refractivity contribution in [2.24, 2.45) is 0 Å². The van der Waals surface area contributed by atoms with Crippen LogP contribution in [0.2, 0.25) is 0 Å². The number of halogens is 1. The van der Waals surface area contributed by atoms with Gasteiger partial charge in [-0.15, -0.1) is 0 Å². The lowest BCUT2D eigenvalue weighted by atomic mass is 10.0. The number of hydrogen-bond acceptors (Lipinski definition) is 3. The Balaban J connectivity index is 1.56. The molecule has 0 radical (unpaired) electrons. The molecule has 0 N–H and O–H groups in total. The highest BCUT2D eigenvalue weighted by Gasteiger charge is 2.04. The van der Waals surface area contributed by atoms with Gasteiger partial charge in [0.05, 0.1) is 23.8 Å². The van der Waals surface area contributed by atoms with E-state index in [1.807, 2.05) is 24.5 Å². The molecular weight excluding hydrogens is 375 g/mol. The molecule has 0 fully saturated rings. The van der Waals surface area contributed by atoms with Crippen molar-refractivity contribution in [3.63, 3.8) is 0 Å². The first-order chi connectivity index (χ1) is 14.7. The van der Waals surface area contributed by atoms with Crippen LogP contribution in [0.5, 0.6) is 5.75 Å². The topological polar surface area (TPSA) is 35.0 Å². The van der Waals surface area contributed by atoms with Gasteiger partial charge >= 0.3 is 0 Å². The third-order valence-electron chi connectivity index (χ3n) is 4.98. The quantitative estimate of drug-likeness (QED) is 0.259. The van der Waals surface area contributed by atoms with E-state index >= 15 is 0 Å². The minimum Gasteiger partial charge on any atom is -0.490 e. The first-order valence-electron chi connectivity index (χ1n) is 10.6. The molecule has 2 aromatic carbocycles. The van der Waals surface area contributed by atoms with Gasteiger partial charge in [-0.25, -0.2) is 4.39 Å². The molecule has 0 bridgehead atoms. The molecule has 0 aliphatic rings. The number of alkyl halides is 1. The van der Waals surface area contributed by atoms with Crippen molar-refractivity contribution >= 4 is 0 Å². The van der Waals surface area contributed by atoms with Crippen LogP contribution in [-0.2, 0) is 6.42 Å². The van der Waals surface area contributed by atoms with Crippen molar-refractivity contribution in [2.75, 3.05) is 6.61 Å². The molecule has 4 heteroatoms. The molecule has 0 spiro atoms. The Bertz CT molecular complexity index is 903. The Morgan fingerprint density at radius 2 is 1.57 bits per heavy atom. The molecule has 3 aromatic rings. The van der Waals surface area contributed by atoms with Gasteiger partial charge < -0.3 is 4.74 Å². The van der Waals surface area contributed by atoms with Gasteiger partial charge in [-0.1, -0.05) is 61.9 Å². The van der Waals surface area contributed by atoms with E-state index in [2.05, 4.69) is 52.9 Å². The molecule has 1 unspecified atom stereocenters. The van der Waals surface area contributed by atoms with Gasteiger partial charge in [0.25, 0.3) is 0 Å². The lowest BCUT2D eigenvalue weighted by Gasteiger charge is -2.07. The standard InChI is InChI=1S/C26H29FN2O/c1-3-17-30-25-15-13-22(14-16-25)21-9-11-23(12-10-21)26-19-28-24(18-29-26)8-6-4-5-7-20(2)27/h3,9-16,18-20H,1,4-8,17H2,2H3. The first kappa shape index (κ1) is 21.7. The van der Waals surface area contributed by atoms with E-state index in [1.165, 1.54) is 0 Å². The van der Waals surface area contributed by atoms with Crippen LogP contribution < -0.4 is 4.74 Å². The Hall–Kier alpha value is -3.01. The molecule has 0 amide bonds. The smallest absolute Gasteiger partial charge is 0.119 e. The van der Waals surface area contributed by atoms with Gasteiger partial charge in [0, 0.05) is 11.8 Å². The second kappa shape index (κ2) is 11.2. The van der Waals surface area contributed by atoms with Gasteiger partial charge in [-0.2, -0.15) is 0 Å². The maximum atomic E-state index is 12.8. The van der Waals surface area contributed by atoms with E-state index in [9.17, 15) is 4.39 Å². The highest BCUT2D eigenvalue weighted by atomic mass is 19.1. The predicted molar refractivity (Wildman–Crippen MR) is 121 cm³/mol. The number of aromatic nitrogens is 2. The molecule has 0 saturated carbocycles. The molecule has 1 atom stereocenters. The van der Waals surface area contributed by atoms with Crippen LogP contribution in [0.4, 0.5) is 4.39 Å². The molecule has 1 heterocycles. The minimum absolute atomic E-state index is 0.506. The maximum Gasteiger partial charge on any atom is 0.119 e. The third kappa shape index (κ3) is 6.51. The number of unbranched alkanes of at least 4 members (excludes halogenated alkanes) is 2. The molecular formula is C26H29FN2O. The number of rotatable bonds is 11. The Labute approximate surface area is 178 Å². The van der Waals surface area contributed by atoms with E-state index in [0.717, 1.165) is 59.5 Å². The molecule has 156 valence electrons. The first-order valence-corrected chi connectivity index (χ1v) is 10.6. The van der Waals surface area contributed by atoms with Crippen molar-refractivity contribution in [1.82, 2.24) is 9.97 Å². The molecule has 3 nitrogen and oxygen atoms in total. The maximum absolute atomic E-state index is 12.8. The second-order valence-electron chi connectivity index (χ2n) is 7.47. The second-order valence-corrected chi connectivity index (χ2v) is 7.47. The van der Waals surface area contributed by atoms with Crippen molar-refractivity contribution in [2.45, 2.75) is 45.2 Å². The Kier molecular flexibility index (Phi) is 8.13. The third-order valence-corrected chi connectivity index (χ3v) is 4.98. The van der Waals surface area contributed by atoms with Gasteiger partial charge in [0.2, 0.25) is 0 Å². The van der Waals surface area contributed by atoms with Crippen molar-refractivity contribution in [1.29, 1.82) is 0 Å². The zero-order valence-electron chi connectivity index (χ0n) is 17.6. The fourth-order valence-electron chi connectivity index (χ4n) is 3.27. The minimum atomic E-state index is -0.703. The van der Waals surface area contributed by atoms with Crippen LogP contribution in [0, 0.1) is 0 Å². The summed E-state index contributed by atoms with van der Waals surface area (Å²) in [5.74, 6) is 0.836. The monoisotopic (exact) mass is 404 g/mol. The lowest BCUT2D eigenvalue weighted by molar-refractivity contribution is 0.330. The number of nitrogens with zero attached hydrogens (tertiary/aromatic N) is 2. The fraction of sp³-hybridized carbons (Fsp3) is 0.308. The van der Waals surface area contributed by atoms with Crippen LogP contribution in [-0.4, -0.2) is 22.7 Å². The normalized spacial score (nSPS) is 11.8. The molecule has 0 aliphatic carbocycles. The van der Waals surface area contributed by atoms with Crippen LogP contribution >= 0.6 is 0 Å². The average molecular weight is 405 g/mol. The number of benzene rings is 2. The Morgan fingerprint density at radius 1 is 0.900 bits per heavy atom. The van der Waals surface area contributed by atoms with Crippen LogP contribution in [0.25, 0.3) is 22.4 Å². The lowest BCUT2D eigenvalue weighted by Crippen LogP contribution is -1.95. The molecule has 30 heavy (non-hydrogen) atoms. The van der Waals surface area contributed by atoms with Crippen molar-refractivity contribution in [3.8, 4) is 28.1 Å². The van der Waals surface area contributed by atoms with Crippen LogP contribution in [0.3, 0.4) is 0 Å². The molecule has 0 aliphatic heterocycles. The fourth-order valence-corrected chi connectivity index (χ4v) is 3.27. The number of hydrogen-bond donors (Lipinski definition) is 0. The summed E-state index contributed by atoms with van der Waals surface area (Å²) in [6, 6.07) is 16.4. The highest BCUT2D eigenvalue weighted by Crippen LogP contribution is 2.25. The van der Waals surface area contributed by atoms with Gasteiger partial charge in [0.15, 0.2) is 0 Å². The summed E-state index contributed by atoms with van der Waals surface area (Å²) >= 11 is 0. The number of aryl methyl sites for hydroxylation is 1. The van der Waals surface area contributed by atoms with E-state index in [0.29, 0.717) is 13.0 Å². The summed E-state index contributed by atoms with van der Waals surface area (Å²) in [7, 11) is 0. The summed E-state index contributed by atoms with van der Waals surface area (Å²) in [4.78, 5) is 9.12. The molecule has 3 rings (SSSR count). The van der Waals surface area contributed by atoms with Crippen LogP contribution in [0.15, 0.2) is 73.6 Å². The van der Waals surface area contributed by atoms with Crippen LogP contribution in [0.1, 0.15) is 38.3 Å². The van der Waals surface area contributed by atoms with Gasteiger partial charge in [-0.3, -0.25) is 9.97 Å². The van der Waals surface area contributed by atoms with E-state index in [1.54, 1.807) is 13.0 Å². The summed E-state index contributed by atoms with van der Waals surface area (Å²) < 4.78 is 18.3. The zero-order valence-corrected chi connectivity index (χ0v) is 17.6. The summed E-state index contributed by atoms with van der Waals surface area (Å²) in [5, 5.41) is 0. The summed E-state index contributed by atoms with van der Waals surface area (Å²) in [5.41, 5.74) is 5.17. The van der Waals surface area contributed by atoms with E-state index in [-0.39, 0.29) is 0 Å². The van der Waals surface area contributed by atoms with Crippen molar-refractivity contribution < 1.29 is 9.13 Å². The van der Waals surface area contributed by atoms with Crippen molar-refractivity contribution in [3.05, 3.63) is 79.3 Å². The molecule has 0 saturated heterocycles. The van der Waals surface area contributed by atoms with E-state index < -0.39 is 6.17 Å². The SMILES string of the molecule is C=CCOc1ccc(-c2ccc(-c3cnc(CCCCCC(C)F)cn3)cc2)cc1. The Morgan fingerprint density at radius 3 is 2.17 bits per heavy atom. The highest BCUT2D eigenvalue weighted by molar-refractivity contribution is 5.68. The zero-order chi connectivity index (χ0) is 21.2. The van der Waals surface area contributed by atoms with Gasteiger partial charge in [0.1, 0.15) is 12.4 Å². The number of ether oxygens (including phenoxy) is 1. The summed E-state index contributed by atoms with van der Waals surface area (Å²) in [6.07, 6.45) is 9.23. The summed E-state index contributed by atoms with van der Waals surface area (Å²) in [6.45, 7) is 5.78.